The molecule has 3 aromatic heterocycles. The highest BCUT2D eigenvalue weighted by atomic mass is 16.5. The third-order valence-corrected chi connectivity index (χ3v) is 6.85. The number of fused-ring (bicyclic) bond motifs is 2. The largest absolute Gasteiger partial charge is 0.494 e. The number of aromatic nitrogens is 6. The molecule has 0 bridgehead atoms. The molecule has 0 saturated carbocycles. The van der Waals surface area contributed by atoms with Gasteiger partial charge in [0.2, 0.25) is 17.8 Å². The Morgan fingerprint density at radius 1 is 1.02 bits per heavy atom. The fourth-order valence-corrected chi connectivity index (χ4v) is 4.89. The second-order valence-corrected chi connectivity index (χ2v) is 9.53. The van der Waals surface area contributed by atoms with Crippen LogP contribution in [0.25, 0.3) is 22.1 Å². The highest BCUT2D eigenvalue weighted by molar-refractivity contribution is 6.04. The van der Waals surface area contributed by atoms with Crippen LogP contribution in [0.4, 0.5) is 11.9 Å². The van der Waals surface area contributed by atoms with E-state index in [0.717, 1.165) is 17.5 Å². The SMILES string of the molecule is CCn1nc(C)cc1C(=O)Nc1nc2cc(C(N)=O)cc(OC)c2n1C/C=C/Cn1c(NC)nc2cc(C=O)ccc21. The summed E-state index contributed by atoms with van der Waals surface area (Å²) in [4.78, 5) is 45.7. The van der Waals surface area contributed by atoms with Crippen LogP contribution in [0.1, 0.15) is 43.8 Å². The van der Waals surface area contributed by atoms with Crippen molar-refractivity contribution >= 4 is 52.1 Å². The molecule has 4 N–H and O–H groups in total. The lowest BCUT2D eigenvalue weighted by atomic mass is 10.1. The molecule has 0 spiro atoms. The Kier molecular flexibility index (Phi) is 7.74. The molecule has 13 nitrogen and oxygen atoms in total. The predicted molar refractivity (Wildman–Crippen MR) is 159 cm³/mol. The summed E-state index contributed by atoms with van der Waals surface area (Å²) in [6, 6.07) is 10.2. The number of primary amides is 1. The lowest BCUT2D eigenvalue weighted by molar-refractivity contribution is 0.0995. The fourth-order valence-electron chi connectivity index (χ4n) is 4.89. The van der Waals surface area contributed by atoms with Gasteiger partial charge in [-0.05, 0) is 50.2 Å². The molecular weight excluding hydrogens is 538 g/mol. The number of nitrogens with two attached hydrogens (primary N) is 1. The molecule has 0 atom stereocenters. The fraction of sp³-hybridized carbons (Fsp3) is 0.241. The number of hydrogen-bond acceptors (Lipinski definition) is 8. The number of ether oxygens (including phenoxy) is 1. The maximum Gasteiger partial charge on any atom is 0.276 e. The standard InChI is InChI=1S/C29H31N9O4/c1-5-38-23(12-17(2)35-38)27(41)34-29-33-21-14-19(26(30)40)15-24(42-4)25(21)37(29)11-7-6-10-36-22-9-8-18(16-39)13-20(22)32-28(36)31-3/h6-9,12-16H,5,10-11H2,1-4H3,(H2,30,40)(H,31,32)(H,33,34,41)/b7-6+. The highest BCUT2D eigenvalue weighted by Gasteiger charge is 2.21. The van der Waals surface area contributed by atoms with Crippen LogP contribution in [-0.2, 0) is 19.6 Å². The number of aryl methyl sites for hydroxylation is 2. The normalized spacial score (nSPS) is 11.4. The molecule has 13 heteroatoms. The van der Waals surface area contributed by atoms with E-state index in [-0.39, 0.29) is 17.4 Å². The van der Waals surface area contributed by atoms with Gasteiger partial charge in [-0.1, -0.05) is 12.2 Å². The number of methoxy groups -OCH3 is 1. The van der Waals surface area contributed by atoms with E-state index in [1.165, 1.54) is 7.11 Å². The topological polar surface area (TPSA) is 164 Å². The van der Waals surface area contributed by atoms with E-state index >= 15 is 0 Å². The van der Waals surface area contributed by atoms with E-state index in [1.807, 2.05) is 36.6 Å². The van der Waals surface area contributed by atoms with Gasteiger partial charge in [0.15, 0.2) is 0 Å². The van der Waals surface area contributed by atoms with E-state index in [4.69, 9.17) is 10.5 Å². The lowest BCUT2D eigenvalue weighted by Gasteiger charge is -2.11. The molecular formula is C29H31N9O4. The minimum absolute atomic E-state index is 0.237. The molecule has 3 heterocycles. The molecule has 42 heavy (non-hydrogen) atoms. The van der Waals surface area contributed by atoms with E-state index in [1.54, 1.807) is 46.6 Å². The van der Waals surface area contributed by atoms with Crippen LogP contribution in [0, 0.1) is 6.92 Å². The molecule has 2 aromatic carbocycles. The highest BCUT2D eigenvalue weighted by Crippen LogP contribution is 2.31. The first-order valence-corrected chi connectivity index (χ1v) is 13.3. The number of anilines is 2. The Morgan fingerprint density at radius 3 is 2.43 bits per heavy atom. The predicted octanol–water partition coefficient (Wildman–Crippen LogP) is 3.38. The number of nitrogens with zero attached hydrogens (tertiary/aromatic N) is 6. The van der Waals surface area contributed by atoms with Gasteiger partial charge in [0.25, 0.3) is 5.91 Å². The number of amides is 2. The van der Waals surface area contributed by atoms with Crippen molar-refractivity contribution in [1.82, 2.24) is 28.9 Å². The Bertz CT molecular complexity index is 1860. The van der Waals surface area contributed by atoms with Crippen molar-refractivity contribution in [3.63, 3.8) is 0 Å². The van der Waals surface area contributed by atoms with E-state index in [2.05, 4.69) is 25.7 Å². The van der Waals surface area contributed by atoms with Gasteiger partial charge in [-0.2, -0.15) is 5.10 Å². The average Bonchev–Trinajstić information content (AvgIpc) is 3.66. The third kappa shape index (κ3) is 5.19. The van der Waals surface area contributed by atoms with Crippen molar-refractivity contribution in [2.45, 2.75) is 33.5 Å². The van der Waals surface area contributed by atoms with Gasteiger partial charge in [0.1, 0.15) is 23.2 Å². The summed E-state index contributed by atoms with van der Waals surface area (Å²) in [6.07, 6.45) is 4.69. The van der Waals surface area contributed by atoms with Gasteiger partial charge < -0.3 is 24.9 Å². The number of allylic oxidation sites excluding steroid dienone is 2. The summed E-state index contributed by atoms with van der Waals surface area (Å²) >= 11 is 0. The number of nitrogens with one attached hydrogen (secondary N) is 2. The zero-order chi connectivity index (χ0) is 30.0. The lowest BCUT2D eigenvalue weighted by Crippen LogP contribution is -2.20. The van der Waals surface area contributed by atoms with Crippen LogP contribution < -0.4 is 21.1 Å². The summed E-state index contributed by atoms with van der Waals surface area (Å²) in [5.41, 5.74) is 10.1. The molecule has 0 unspecified atom stereocenters. The molecule has 0 saturated heterocycles. The van der Waals surface area contributed by atoms with Crippen molar-refractivity contribution in [3.8, 4) is 5.75 Å². The number of hydrogen-bond donors (Lipinski definition) is 3. The van der Waals surface area contributed by atoms with Crippen LogP contribution in [-0.4, -0.2) is 61.1 Å². The minimum atomic E-state index is -0.620. The zero-order valence-corrected chi connectivity index (χ0v) is 23.7. The first-order chi connectivity index (χ1) is 20.3. The van der Waals surface area contributed by atoms with Crippen LogP contribution in [0.3, 0.4) is 0 Å². The monoisotopic (exact) mass is 569 g/mol. The maximum atomic E-state index is 13.3. The van der Waals surface area contributed by atoms with Gasteiger partial charge >= 0.3 is 0 Å². The summed E-state index contributed by atoms with van der Waals surface area (Å²) in [7, 11) is 3.28. The van der Waals surface area contributed by atoms with Crippen molar-refractivity contribution in [2.75, 3.05) is 24.8 Å². The number of carbonyl (C=O) groups is 3. The third-order valence-electron chi connectivity index (χ3n) is 6.85. The molecule has 0 aliphatic carbocycles. The number of carbonyl (C=O) groups excluding carboxylic acids is 3. The van der Waals surface area contributed by atoms with Crippen molar-refractivity contribution in [2.24, 2.45) is 5.73 Å². The molecule has 5 rings (SSSR count). The van der Waals surface area contributed by atoms with Crippen LogP contribution in [0.15, 0.2) is 48.6 Å². The number of aldehydes is 1. The summed E-state index contributed by atoms with van der Waals surface area (Å²) in [5, 5.41) is 10.4. The first kappa shape index (κ1) is 28.1. The molecule has 216 valence electrons. The average molecular weight is 570 g/mol. The van der Waals surface area contributed by atoms with Crippen molar-refractivity contribution < 1.29 is 19.1 Å². The van der Waals surface area contributed by atoms with E-state index < -0.39 is 5.91 Å². The molecule has 0 radical (unpaired) electrons. The first-order valence-electron chi connectivity index (χ1n) is 13.3. The minimum Gasteiger partial charge on any atom is -0.494 e. The van der Waals surface area contributed by atoms with Crippen molar-refractivity contribution in [1.29, 1.82) is 0 Å². The Hall–Kier alpha value is -5.46. The molecule has 2 amide bonds. The van der Waals surface area contributed by atoms with Gasteiger partial charge in [0, 0.05) is 37.8 Å². The summed E-state index contributed by atoms with van der Waals surface area (Å²) < 4.78 is 11.0. The van der Waals surface area contributed by atoms with Gasteiger partial charge in [0.05, 0.1) is 29.4 Å². The van der Waals surface area contributed by atoms with E-state index in [0.29, 0.717) is 59.1 Å². The molecule has 0 aliphatic heterocycles. The Morgan fingerprint density at radius 2 is 1.76 bits per heavy atom. The smallest absolute Gasteiger partial charge is 0.276 e. The van der Waals surface area contributed by atoms with E-state index in [9.17, 15) is 14.4 Å². The maximum absolute atomic E-state index is 13.3. The molecule has 5 aromatic rings. The number of imidazole rings is 2. The Balaban J connectivity index is 1.51. The quantitative estimate of drug-likeness (QED) is 0.161. The number of benzene rings is 2. The molecule has 0 fully saturated rings. The Labute approximate surface area is 241 Å². The summed E-state index contributed by atoms with van der Waals surface area (Å²) in [5.74, 6) is 0.325. The van der Waals surface area contributed by atoms with Gasteiger partial charge in [-0.25, -0.2) is 9.97 Å². The second kappa shape index (κ2) is 11.6. The molecule has 0 aliphatic rings. The second-order valence-electron chi connectivity index (χ2n) is 9.53. The van der Waals surface area contributed by atoms with Crippen LogP contribution >= 0.6 is 0 Å². The van der Waals surface area contributed by atoms with Crippen LogP contribution in [0.5, 0.6) is 5.75 Å². The zero-order valence-electron chi connectivity index (χ0n) is 23.7. The number of rotatable bonds is 11. The van der Waals surface area contributed by atoms with Gasteiger partial charge in [-0.15, -0.1) is 0 Å². The van der Waals surface area contributed by atoms with Gasteiger partial charge in [-0.3, -0.25) is 24.4 Å². The van der Waals surface area contributed by atoms with Crippen LogP contribution in [0.2, 0.25) is 0 Å². The summed E-state index contributed by atoms with van der Waals surface area (Å²) in [6.45, 7) is 5.06. The van der Waals surface area contributed by atoms with Crippen molar-refractivity contribution in [3.05, 3.63) is 71.1 Å².